The van der Waals surface area contributed by atoms with Gasteiger partial charge in [-0.3, -0.25) is 0 Å². The Morgan fingerprint density at radius 3 is 2.65 bits per heavy atom. The third-order valence-electron chi connectivity index (χ3n) is 7.32. The maximum atomic E-state index is 2.57. The molecule has 0 nitrogen and oxygen atoms in total. The molecule has 6 rings (SSSR count). The highest BCUT2D eigenvalue weighted by Crippen LogP contribution is 2.59. The largest absolute Gasteiger partial charge is 0.0850 e. The quantitative estimate of drug-likeness (QED) is 0.428. The lowest BCUT2D eigenvalue weighted by molar-refractivity contribution is 0.270. The Bertz CT molecular complexity index is 1040. The molecule has 1 saturated carbocycles. The number of aryl methyl sites for hydroxylation is 1. The van der Waals surface area contributed by atoms with Crippen LogP contribution in [-0.4, -0.2) is 0 Å². The van der Waals surface area contributed by atoms with Crippen molar-refractivity contribution in [2.24, 2.45) is 5.92 Å². The Morgan fingerprint density at radius 2 is 1.85 bits per heavy atom. The minimum Gasteiger partial charge on any atom is -0.0850 e. The van der Waals surface area contributed by atoms with E-state index in [1.54, 1.807) is 16.7 Å². The predicted octanol–water partition coefficient (Wildman–Crippen LogP) is 6.82. The van der Waals surface area contributed by atoms with E-state index < -0.39 is 0 Å². The molecule has 3 aliphatic carbocycles. The van der Waals surface area contributed by atoms with E-state index in [4.69, 9.17) is 0 Å². The SMILES string of the molecule is C1=C2CC(C1)C1(CCCc3cc4c(-c5ccccc5)cccc4cc31)C2. The zero-order valence-electron chi connectivity index (χ0n) is 15.2. The first-order valence-corrected chi connectivity index (χ1v) is 10.1. The van der Waals surface area contributed by atoms with Crippen molar-refractivity contribution in [1.29, 1.82) is 0 Å². The molecule has 3 aromatic carbocycles. The van der Waals surface area contributed by atoms with Gasteiger partial charge < -0.3 is 0 Å². The van der Waals surface area contributed by atoms with E-state index >= 15 is 0 Å². The second-order valence-electron chi connectivity index (χ2n) is 8.59. The summed E-state index contributed by atoms with van der Waals surface area (Å²) >= 11 is 0. The summed E-state index contributed by atoms with van der Waals surface area (Å²) in [5.74, 6) is 0.867. The molecule has 2 unspecified atom stereocenters. The van der Waals surface area contributed by atoms with Gasteiger partial charge in [0.1, 0.15) is 0 Å². The molecule has 0 saturated heterocycles. The number of hydrogen-bond donors (Lipinski definition) is 0. The van der Waals surface area contributed by atoms with Crippen molar-refractivity contribution in [2.45, 2.75) is 43.9 Å². The number of allylic oxidation sites excluding steroid dienone is 2. The van der Waals surface area contributed by atoms with Gasteiger partial charge in [0.25, 0.3) is 0 Å². The predicted molar refractivity (Wildman–Crippen MR) is 109 cm³/mol. The maximum absolute atomic E-state index is 2.57. The van der Waals surface area contributed by atoms with Crippen LogP contribution in [0.2, 0.25) is 0 Å². The molecule has 26 heavy (non-hydrogen) atoms. The molecule has 0 aliphatic heterocycles. The molecule has 2 bridgehead atoms. The van der Waals surface area contributed by atoms with E-state index in [1.165, 1.54) is 60.4 Å². The maximum Gasteiger partial charge on any atom is 0.00274 e. The zero-order valence-corrected chi connectivity index (χ0v) is 15.2. The standard InChI is InChI=1S/C26H24/c1-2-6-19(7-3-1)23-10-4-8-20-16-25-21(15-24(20)23)9-5-13-26(25)17-18-11-12-22(26)14-18/h1-4,6-8,10-11,15-16,22H,5,9,12-14,17H2. The Hall–Kier alpha value is -2.34. The van der Waals surface area contributed by atoms with Crippen LogP contribution in [0.4, 0.5) is 0 Å². The first-order chi connectivity index (χ1) is 12.8. The van der Waals surface area contributed by atoms with Gasteiger partial charge in [0.2, 0.25) is 0 Å². The van der Waals surface area contributed by atoms with Crippen LogP contribution in [-0.2, 0) is 11.8 Å². The van der Waals surface area contributed by atoms with E-state index in [1.807, 2.05) is 0 Å². The van der Waals surface area contributed by atoms with E-state index in [0.29, 0.717) is 5.41 Å². The smallest absolute Gasteiger partial charge is 0.00274 e. The molecule has 0 heterocycles. The summed E-state index contributed by atoms with van der Waals surface area (Å²) in [6, 6.07) is 22.8. The van der Waals surface area contributed by atoms with Crippen LogP contribution in [0.25, 0.3) is 21.9 Å². The second kappa shape index (κ2) is 5.33. The van der Waals surface area contributed by atoms with Gasteiger partial charge in [0.05, 0.1) is 0 Å². The van der Waals surface area contributed by atoms with Crippen molar-refractivity contribution in [1.82, 2.24) is 0 Å². The van der Waals surface area contributed by atoms with Gasteiger partial charge in [-0.05, 0) is 77.5 Å². The van der Waals surface area contributed by atoms with Crippen LogP contribution in [0.15, 0.2) is 72.3 Å². The monoisotopic (exact) mass is 336 g/mol. The van der Waals surface area contributed by atoms with Gasteiger partial charge >= 0.3 is 0 Å². The summed E-state index contributed by atoms with van der Waals surface area (Å²) in [5, 5.41) is 2.85. The zero-order chi connectivity index (χ0) is 17.1. The lowest BCUT2D eigenvalue weighted by Crippen LogP contribution is -2.35. The summed E-state index contributed by atoms with van der Waals surface area (Å²) in [6.07, 6.45) is 10.5. The lowest BCUT2D eigenvalue weighted by atomic mass is 9.62. The molecule has 3 aliphatic rings. The van der Waals surface area contributed by atoms with E-state index in [0.717, 1.165) is 5.92 Å². The summed E-state index contributed by atoms with van der Waals surface area (Å²) in [5.41, 5.74) is 8.21. The van der Waals surface area contributed by atoms with Crippen molar-refractivity contribution in [3.8, 4) is 11.1 Å². The highest BCUT2D eigenvalue weighted by molar-refractivity contribution is 5.97. The number of fused-ring (bicyclic) bond motifs is 6. The van der Waals surface area contributed by atoms with Crippen molar-refractivity contribution in [3.63, 3.8) is 0 Å². The van der Waals surface area contributed by atoms with Crippen molar-refractivity contribution >= 4 is 10.8 Å². The molecule has 2 atom stereocenters. The van der Waals surface area contributed by atoms with E-state index in [9.17, 15) is 0 Å². The lowest BCUT2D eigenvalue weighted by Gasteiger charge is -2.42. The van der Waals surface area contributed by atoms with Crippen LogP contribution in [0, 0.1) is 5.92 Å². The van der Waals surface area contributed by atoms with Gasteiger partial charge in [0, 0.05) is 5.41 Å². The number of rotatable bonds is 1. The fourth-order valence-corrected chi connectivity index (χ4v) is 6.15. The molecular weight excluding hydrogens is 312 g/mol. The Balaban J connectivity index is 1.58. The fraction of sp³-hybridized carbons (Fsp3) is 0.308. The minimum atomic E-state index is 0.453. The van der Waals surface area contributed by atoms with Crippen molar-refractivity contribution < 1.29 is 0 Å². The molecular formula is C26H24. The average molecular weight is 336 g/mol. The molecule has 0 aromatic heterocycles. The van der Waals surface area contributed by atoms with Crippen molar-refractivity contribution in [2.75, 3.05) is 0 Å². The van der Waals surface area contributed by atoms with Crippen molar-refractivity contribution in [3.05, 3.63) is 83.4 Å². The highest BCUT2D eigenvalue weighted by Gasteiger charge is 2.49. The third-order valence-corrected chi connectivity index (χ3v) is 7.32. The summed E-state index contributed by atoms with van der Waals surface area (Å²) < 4.78 is 0. The topological polar surface area (TPSA) is 0 Å². The second-order valence-corrected chi connectivity index (χ2v) is 8.59. The summed E-state index contributed by atoms with van der Waals surface area (Å²) in [6.45, 7) is 0. The Morgan fingerprint density at radius 1 is 0.923 bits per heavy atom. The van der Waals surface area contributed by atoms with Crippen LogP contribution >= 0.6 is 0 Å². The summed E-state index contributed by atoms with van der Waals surface area (Å²) in [7, 11) is 0. The highest BCUT2D eigenvalue weighted by atomic mass is 14.5. The molecule has 1 spiro atoms. The molecule has 0 N–H and O–H groups in total. The Labute approximate surface area is 155 Å². The molecule has 0 heteroatoms. The first kappa shape index (κ1) is 14.8. The third kappa shape index (κ3) is 1.96. The van der Waals surface area contributed by atoms with Gasteiger partial charge in [-0.2, -0.15) is 0 Å². The van der Waals surface area contributed by atoms with E-state index in [-0.39, 0.29) is 0 Å². The minimum absolute atomic E-state index is 0.453. The van der Waals surface area contributed by atoms with Crippen LogP contribution < -0.4 is 0 Å². The average Bonchev–Trinajstić information content (AvgIpc) is 3.29. The number of benzene rings is 3. The molecule has 3 aromatic rings. The Kier molecular flexibility index (Phi) is 3.03. The number of hydrogen-bond acceptors (Lipinski definition) is 0. The van der Waals surface area contributed by atoms with Crippen LogP contribution in [0.5, 0.6) is 0 Å². The van der Waals surface area contributed by atoms with Gasteiger partial charge in [-0.15, -0.1) is 0 Å². The van der Waals surface area contributed by atoms with Gasteiger partial charge in [0.15, 0.2) is 0 Å². The normalized spacial score (nSPS) is 26.3. The van der Waals surface area contributed by atoms with Gasteiger partial charge in [-0.1, -0.05) is 72.3 Å². The van der Waals surface area contributed by atoms with Gasteiger partial charge in [-0.25, -0.2) is 0 Å². The van der Waals surface area contributed by atoms with Crippen LogP contribution in [0.1, 0.15) is 43.2 Å². The first-order valence-electron chi connectivity index (χ1n) is 10.1. The molecule has 1 fully saturated rings. The molecule has 0 radical (unpaired) electrons. The molecule has 0 amide bonds. The summed E-state index contributed by atoms with van der Waals surface area (Å²) in [4.78, 5) is 0. The molecule has 128 valence electrons. The van der Waals surface area contributed by atoms with Crippen LogP contribution in [0.3, 0.4) is 0 Å². The fourth-order valence-electron chi connectivity index (χ4n) is 6.15. The van der Waals surface area contributed by atoms with E-state index in [2.05, 4.69) is 66.7 Å².